The van der Waals surface area contributed by atoms with Crippen molar-refractivity contribution in [3.63, 3.8) is 0 Å². The van der Waals surface area contributed by atoms with Crippen molar-refractivity contribution in [3.8, 4) is 11.8 Å². The van der Waals surface area contributed by atoms with Gasteiger partial charge in [-0.25, -0.2) is 0 Å². The summed E-state index contributed by atoms with van der Waals surface area (Å²) in [6, 6.07) is 10.6. The highest BCUT2D eigenvalue weighted by atomic mass is 16.5. The summed E-state index contributed by atoms with van der Waals surface area (Å²) in [5.74, 6) is 0.945. The lowest BCUT2D eigenvalue weighted by Crippen LogP contribution is -2.29. The van der Waals surface area contributed by atoms with Crippen LogP contribution in [-0.2, 0) is 6.42 Å². The zero-order valence-electron chi connectivity index (χ0n) is 11.1. The van der Waals surface area contributed by atoms with Crippen LogP contribution in [0.3, 0.4) is 0 Å². The van der Waals surface area contributed by atoms with Crippen LogP contribution in [0.1, 0.15) is 44.6 Å². The van der Waals surface area contributed by atoms with E-state index >= 15 is 0 Å². The number of hydrogen-bond donors (Lipinski definition) is 0. The van der Waals surface area contributed by atoms with Crippen molar-refractivity contribution in [1.82, 2.24) is 0 Å². The Morgan fingerprint density at radius 2 is 1.94 bits per heavy atom. The highest BCUT2D eigenvalue weighted by Gasteiger charge is 2.33. The summed E-state index contributed by atoms with van der Waals surface area (Å²) in [6.07, 6.45) is 6.51. The second-order valence-corrected chi connectivity index (χ2v) is 5.20. The van der Waals surface area contributed by atoms with Crippen LogP contribution < -0.4 is 4.74 Å². The first-order valence-corrected chi connectivity index (χ1v) is 6.92. The molecule has 0 saturated heterocycles. The van der Waals surface area contributed by atoms with Crippen LogP contribution >= 0.6 is 0 Å². The molecular formula is C16H21NO. The van der Waals surface area contributed by atoms with Gasteiger partial charge >= 0.3 is 0 Å². The monoisotopic (exact) mass is 243 g/mol. The number of ether oxygens (including phenoxy) is 1. The van der Waals surface area contributed by atoms with Gasteiger partial charge in [-0.2, -0.15) is 5.26 Å². The van der Waals surface area contributed by atoms with Gasteiger partial charge in [-0.15, -0.1) is 0 Å². The number of para-hydroxylation sites is 1. The molecule has 2 rings (SSSR count). The van der Waals surface area contributed by atoms with Gasteiger partial charge in [0.15, 0.2) is 0 Å². The molecule has 0 unspecified atom stereocenters. The minimum atomic E-state index is -0.251. The van der Waals surface area contributed by atoms with E-state index in [4.69, 9.17) is 4.74 Å². The summed E-state index contributed by atoms with van der Waals surface area (Å²) >= 11 is 0. The van der Waals surface area contributed by atoms with E-state index in [2.05, 4.69) is 19.1 Å². The Hall–Kier alpha value is -1.49. The summed E-state index contributed by atoms with van der Waals surface area (Å²) in [7, 11) is 0. The van der Waals surface area contributed by atoms with E-state index in [0.717, 1.165) is 37.9 Å². The average molecular weight is 243 g/mol. The van der Waals surface area contributed by atoms with E-state index in [1.165, 1.54) is 12.0 Å². The summed E-state index contributed by atoms with van der Waals surface area (Å²) in [5.41, 5.74) is 0.973. The molecule has 0 spiro atoms. The van der Waals surface area contributed by atoms with E-state index < -0.39 is 0 Å². The van der Waals surface area contributed by atoms with Crippen molar-refractivity contribution in [3.05, 3.63) is 29.8 Å². The van der Waals surface area contributed by atoms with Crippen molar-refractivity contribution in [2.24, 2.45) is 5.41 Å². The Kier molecular flexibility index (Phi) is 4.25. The Labute approximate surface area is 110 Å². The fraction of sp³-hybridized carbons (Fsp3) is 0.562. The molecule has 1 fully saturated rings. The molecule has 1 aliphatic rings. The van der Waals surface area contributed by atoms with Gasteiger partial charge < -0.3 is 4.74 Å². The van der Waals surface area contributed by atoms with Crippen LogP contribution in [0.5, 0.6) is 5.75 Å². The van der Waals surface area contributed by atoms with Crippen molar-refractivity contribution in [2.45, 2.75) is 45.4 Å². The normalized spacial score (nSPS) is 18.0. The molecule has 0 N–H and O–H groups in total. The second kappa shape index (κ2) is 5.91. The lowest BCUT2D eigenvalue weighted by Gasteiger charge is -2.30. The molecule has 0 aromatic heterocycles. The molecule has 0 atom stereocenters. The van der Waals surface area contributed by atoms with Crippen LogP contribution in [0.25, 0.3) is 0 Å². The Morgan fingerprint density at radius 3 is 2.61 bits per heavy atom. The molecule has 1 aromatic rings. The summed E-state index contributed by atoms with van der Waals surface area (Å²) in [4.78, 5) is 0. The van der Waals surface area contributed by atoms with E-state index in [0.29, 0.717) is 6.61 Å². The van der Waals surface area contributed by atoms with Crippen molar-refractivity contribution < 1.29 is 4.74 Å². The van der Waals surface area contributed by atoms with E-state index in [9.17, 15) is 5.26 Å². The molecule has 0 heterocycles. The van der Waals surface area contributed by atoms with E-state index in [1.54, 1.807) is 0 Å². The predicted molar refractivity (Wildman–Crippen MR) is 72.4 cm³/mol. The third-order valence-electron chi connectivity index (χ3n) is 3.91. The molecule has 0 aliphatic heterocycles. The molecule has 0 bridgehead atoms. The lowest BCUT2D eigenvalue weighted by atomic mass is 9.76. The number of hydrogen-bond acceptors (Lipinski definition) is 2. The van der Waals surface area contributed by atoms with E-state index in [-0.39, 0.29) is 5.41 Å². The van der Waals surface area contributed by atoms with Gasteiger partial charge in [0.2, 0.25) is 0 Å². The van der Waals surface area contributed by atoms with Crippen LogP contribution in [0.15, 0.2) is 24.3 Å². The molecule has 1 saturated carbocycles. The number of nitrogens with zero attached hydrogens (tertiary/aromatic N) is 1. The van der Waals surface area contributed by atoms with E-state index in [1.807, 2.05) is 18.2 Å². The molecule has 18 heavy (non-hydrogen) atoms. The Bertz CT molecular complexity index is 427. The largest absolute Gasteiger partial charge is 0.492 e. The first-order valence-electron chi connectivity index (χ1n) is 6.92. The molecular weight excluding hydrogens is 222 g/mol. The number of nitriles is 1. The maximum atomic E-state index is 9.42. The first-order chi connectivity index (χ1) is 8.79. The standard InChI is InChI=1S/C16H21NO/c1-2-14-8-4-5-9-15(14)18-13-16(12-17)10-6-3-7-11-16/h4-5,8-9H,2-3,6-7,10-11,13H2,1H3. The second-order valence-electron chi connectivity index (χ2n) is 5.20. The molecule has 96 valence electrons. The highest BCUT2D eigenvalue weighted by molar-refractivity contribution is 5.33. The maximum Gasteiger partial charge on any atom is 0.122 e. The van der Waals surface area contributed by atoms with Gasteiger partial charge in [0.25, 0.3) is 0 Å². The third-order valence-corrected chi connectivity index (χ3v) is 3.91. The highest BCUT2D eigenvalue weighted by Crippen LogP contribution is 2.36. The van der Waals surface area contributed by atoms with Crippen LogP contribution in [0, 0.1) is 16.7 Å². The summed E-state index contributed by atoms with van der Waals surface area (Å²) in [5, 5.41) is 9.42. The molecule has 0 amide bonds. The van der Waals surface area contributed by atoms with Gasteiger partial charge in [-0.05, 0) is 30.9 Å². The molecule has 2 nitrogen and oxygen atoms in total. The van der Waals surface area contributed by atoms with Crippen LogP contribution in [-0.4, -0.2) is 6.61 Å². The minimum absolute atomic E-state index is 0.251. The quantitative estimate of drug-likeness (QED) is 0.797. The SMILES string of the molecule is CCc1ccccc1OCC1(C#N)CCCCC1. The Morgan fingerprint density at radius 1 is 1.22 bits per heavy atom. The van der Waals surface area contributed by atoms with Crippen molar-refractivity contribution in [1.29, 1.82) is 5.26 Å². The molecule has 1 aliphatic carbocycles. The Balaban J connectivity index is 2.04. The molecule has 1 aromatic carbocycles. The first kappa shape index (κ1) is 13.0. The van der Waals surface area contributed by atoms with Gasteiger partial charge in [0.1, 0.15) is 12.4 Å². The van der Waals surface area contributed by atoms with Crippen LogP contribution in [0.4, 0.5) is 0 Å². The fourth-order valence-corrected chi connectivity index (χ4v) is 2.67. The van der Waals surface area contributed by atoms with Gasteiger partial charge in [0, 0.05) is 0 Å². The zero-order valence-corrected chi connectivity index (χ0v) is 11.1. The average Bonchev–Trinajstić information content (AvgIpc) is 2.46. The van der Waals surface area contributed by atoms with Gasteiger partial charge in [-0.1, -0.05) is 44.4 Å². The summed E-state index contributed by atoms with van der Waals surface area (Å²) < 4.78 is 5.94. The zero-order chi connectivity index (χ0) is 12.8. The molecule has 2 heteroatoms. The van der Waals surface area contributed by atoms with Crippen molar-refractivity contribution >= 4 is 0 Å². The molecule has 0 radical (unpaired) electrons. The maximum absolute atomic E-state index is 9.42. The smallest absolute Gasteiger partial charge is 0.122 e. The van der Waals surface area contributed by atoms with Crippen molar-refractivity contribution in [2.75, 3.05) is 6.61 Å². The topological polar surface area (TPSA) is 33.0 Å². The van der Waals surface area contributed by atoms with Crippen LogP contribution in [0.2, 0.25) is 0 Å². The predicted octanol–water partition coefficient (Wildman–Crippen LogP) is 4.10. The fourth-order valence-electron chi connectivity index (χ4n) is 2.67. The summed E-state index contributed by atoms with van der Waals surface area (Å²) in [6.45, 7) is 2.67. The van der Waals surface area contributed by atoms with Gasteiger partial charge in [-0.3, -0.25) is 0 Å². The third kappa shape index (κ3) is 2.85. The number of aryl methyl sites for hydroxylation is 1. The lowest BCUT2D eigenvalue weighted by molar-refractivity contribution is 0.149. The van der Waals surface area contributed by atoms with Gasteiger partial charge in [0.05, 0.1) is 11.5 Å². The minimum Gasteiger partial charge on any atom is -0.492 e. The number of benzene rings is 1. The number of rotatable bonds is 4.